The monoisotopic (exact) mass is 481 g/mol. The fourth-order valence-electron chi connectivity index (χ4n) is 3.95. The smallest absolute Gasteiger partial charge is 0.393 e. The van der Waals surface area contributed by atoms with Gasteiger partial charge in [-0.1, -0.05) is 26.0 Å². The summed E-state index contributed by atoms with van der Waals surface area (Å²) < 4.78 is 39.1. The Morgan fingerprint density at radius 2 is 1.88 bits per heavy atom. The van der Waals surface area contributed by atoms with E-state index in [0.717, 1.165) is 29.5 Å². The maximum Gasteiger partial charge on any atom is 0.405 e. The second-order valence-electron chi connectivity index (χ2n) is 7.97. The summed E-state index contributed by atoms with van der Waals surface area (Å²) in [5.41, 5.74) is 2.09. The predicted molar refractivity (Wildman–Crippen MR) is 128 cm³/mol. The predicted octanol–water partition coefficient (Wildman–Crippen LogP) is 6.02. The Morgan fingerprint density at radius 1 is 1.15 bits per heavy atom. The van der Waals surface area contributed by atoms with Crippen LogP contribution in [0.2, 0.25) is 0 Å². The van der Waals surface area contributed by atoms with Crippen molar-refractivity contribution in [3.63, 3.8) is 0 Å². The maximum absolute atomic E-state index is 12.7. The normalized spacial score (nSPS) is 19.2. The Hall–Kier alpha value is -2.46. The van der Waals surface area contributed by atoms with Crippen molar-refractivity contribution in [2.24, 2.45) is 5.92 Å². The van der Waals surface area contributed by atoms with Crippen LogP contribution >= 0.6 is 11.3 Å². The van der Waals surface area contributed by atoms with Crippen molar-refractivity contribution >= 4 is 33.3 Å². The number of thiazole rings is 1. The van der Waals surface area contributed by atoms with Gasteiger partial charge in [-0.25, -0.2) is 9.97 Å². The molecule has 0 saturated heterocycles. The van der Waals surface area contributed by atoms with Gasteiger partial charge < -0.3 is 15.7 Å². The number of nitrogens with one attached hydrogen (secondary N) is 2. The summed E-state index contributed by atoms with van der Waals surface area (Å²) in [7, 11) is 0. The van der Waals surface area contributed by atoms with Crippen molar-refractivity contribution in [2.75, 3.05) is 17.2 Å². The molecular weight excluding hydrogens is 451 g/mol. The Bertz CT molecular complexity index is 1040. The average molecular weight is 482 g/mol. The first-order valence-corrected chi connectivity index (χ1v) is 12.0. The Balaban J connectivity index is 0.00000149. The van der Waals surface area contributed by atoms with Crippen LogP contribution in [0.15, 0.2) is 24.3 Å². The number of halogens is 3. The van der Waals surface area contributed by atoms with Gasteiger partial charge in [0.1, 0.15) is 17.4 Å². The fraction of sp³-hybridized carbons (Fsp3) is 0.522. The molecule has 180 valence electrons. The van der Waals surface area contributed by atoms with Crippen LogP contribution in [0.3, 0.4) is 0 Å². The minimum absolute atomic E-state index is 0.0671. The van der Waals surface area contributed by atoms with Crippen molar-refractivity contribution in [3.05, 3.63) is 30.0 Å². The number of nitrogens with zero attached hydrogens (tertiary/aromatic N) is 3. The molecule has 3 aromatic rings. The molecule has 10 heteroatoms. The number of aromatic nitrogens is 3. The van der Waals surface area contributed by atoms with Gasteiger partial charge in [-0.3, -0.25) is 0 Å². The number of anilines is 2. The van der Waals surface area contributed by atoms with Crippen molar-refractivity contribution in [1.29, 1.82) is 0 Å². The molecule has 1 saturated carbocycles. The number of benzene rings is 1. The molecule has 3 atom stereocenters. The van der Waals surface area contributed by atoms with Crippen LogP contribution in [0.5, 0.6) is 0 Å². The molecule has 1 aliphatic rings. The lowest BCUT2D eigenvalue weighted by Crippen LogP contribution is -2.24. The standard InChI is InChI=1S/C21H24F3N5OS.C2H6/c1-11-17(19-28-15-5-3-4-6-16(15)31-19)18(27-14-8-7-13(9-14)12(2)30)29-20(26-11)25-10-21(22,23)24;1-2/h3-6,12-14,30H,7-10H2,1-2H3,(H2,25,26,27,29);1-2H3. The average Bonchev–Trinajstić information content (AvgIpc) is 3.40. The van der Waals surface area contributed by atoms with Gasteiger partial charge in [0.2, 0.25) is 5.95 Å². The molecule has 1 aliphatic carbocycles. The summed E-state index contributed by atoms with van der Waals surface area (Å²) >= 11 is 1.49. The number of fused-ring (bicyclic) bond motifs is 1. The summed E-state index contributed by atoms with van der Waals surface area (Å²) in [6.07, 6.45) is -2.26. The van der Waals surface area contributed by atoms with Crippen LogP contribution in [-0.4, -0.2) is 44.9 Å². The van der Waals surface area contributed by atoms with Crippen LogP contribution in [0.25, 0.3) is 20.8 Å². The lowest BCUT2D eigenvalue weighted by molar-refractivity contribution is -0.115. The number of rotatable bonds is 6. The second kappa shape index (κ2) is 10.6. The molecule has 3 N–H and O–H groups in total. The lowest BCUT2D eigenvalue weighted by Gasteiger charge is -2.19. The minimum Gasteiger partial charge on any atom is -0.393 e. The molecule has 4 rings (SSSR count). The zero-order chi connectivity index (χ0) is 24.2. The molecule has 0 amide bonds. The number of aryl methyl sites for hydroxylation is 1. The number of hydrogen-bond donors (Lipinski definition) is 3. The quantitative estimate of drug-likeness (QED) is 0.399. The van der Waals surface area contributed by atoms with E-state index in [2.05, 4.69) is 20.6 Å². The molecule has 0 aliphatic heterocycles. The molecule has 0 spiro atoms. The maximum atomic E-state index is 12.7. The number of para-hydroxylation sites is 1. The van der Waals surface area contributed by atoms with Gasteiger partial charge in [0.25, 0.3) is 0 Å². The van der Waals surface area contributed by atoms with E-state index in [4.69, 9.17) is 4.98 Å². The molecular formula is C23H30F3N5OS. The molecule has 0 radical (unpaired) electrons. The van der Waals surface area contributed by atoms with Gasteiger partial charge in [-0.15, -0.1) is 11.3 Å². The van der Waals surface area contributed by atoms with Crippen LogP contribution in [0.1, 0.15) is 45.7 Å². The van der Waals surface area contributed by atoms with Crippen LogP contribution in [-0.2, 0) is 0 Å². The van der Waals surface area contributed by atoms with Crippen LogP contribution < -0.4 is 10.6 Å². The second-order valence-corrected chi connectivity index (χ2v) is 9.00. The molecule has 2 heterocycles. The van der Waals surface area contributed by atoms with E-state index in [-0.39, 0.29) is 17.9 Å². The van der Waals surface area contributed by atoms with Gasteiger partial charge >= 0.3 is 6.18 Å². The molecule has 3 unspecified atom stereocenters. The summed E-state index contributed by atoms with van der Waals surface area (Å²) in [5.74, 6) is 0.578. The van der Waals surface area contributed by atoms with Gasteiger partial charge in [0.15, 0.2) is 0 Å². The number of alkyl halides is 3. The number of aliphatic hydroxyl groups is 1. The molecule has 6 nitrogen and oxygen atoms in total. The van der Waals surface area contributed by atoms with E-state index in [1.54, 1.807) is 13.8 Å². The van der Waals surface area contributed by atoms with Crippen molar-refractivity contribution in [3.8, 4) is 10.6 Å². The number of hydrogen-bond acceptors (Lipinski definition) is 7. The highest BCUT2D eigenvalue weighted by Gasteiger charge is 2.30. The van der Waals surface area contributed by atoms with E-state index in [0.29, 0.717) is 22.1 Å². The summed E-state index contributed by atoms with van der Waals surface area (Å²) in [6.45, 7) is 6.33. The molecule has 1 aromatic carbocycles. The van der Waals surface area contributed by atoms with Crippen molar-refractivity contribution in [1.82, 2.24) is 15.0 Å². The van der Waals surface area contributed by atoms with Crippen LogP contribution in [0, 0.1) is 12.8 Å². The summed E-state index contributed by atoms with van der Waals surface area (Å²) in [4.78, 5) is 13.3. The third-order valence-electron chi connectivity index (χ3n) is 5.54. The van der Waals surface area contributed by atoms with Gasteiger partial charge in [0.05, 0.1) is 27.6 Å². The molecule has 0 bridgehead atoms. The Labute approximate surface area is 195 Å². The molecule has 33 heavy (non-hydrogen) atoms. The summed E-state index contributed by atoms with van der Waals surface area (Å²) in [5, 5.41) is 16.3. The highest BCUT2D eigenvalue weighted by Crippen LogP contribution is 2.38. The van der Waals surface area contributed by atoms with Gasteiger partial charge in [-0.2, -0.15) is 18.2 Å². The van der Waals surface area contributed by atoms with E-state index in [1.807, 2.05) is 38.1 Å². The van der Waals surface area contributed by atoms with E-state index < -0.39 is 18.8 Å². The van der Waals surface area contributed by atoms with Crippen molar-refractivity contribution < 1.29 is 18.3 Å². The van der Waals surface area contributed by atoms with Gasteiger partial charge in [-0.05, 0) is 51.2 Å². The van der Waals surface area contributed by atoms with E-state index in [1.165, 1.54) is 11.3 Å². The first-order chi connectivity index (χ1) is 15.7. The van der Waals surface area contributed by atoms with E-state index in [9.17, 15) is 18.3 Å². The Kier molecular flexibility index (Phi) is 8.12. The first-order valence-electron chi connectivity index (χ1n) is 11.2. The van der Waals surface area contributed by atoms with Gasteiger partial charge in [0, 0.05) is 6.04 Å². The zero-order valence-electron chi connectivity index (χ0n) is 19.2. The third-order valence-corrected chi connectivity index (χ3v) is 6.59. The highest BCUT2D eigenvalue weighted by molar-refractivity contribution is 7.21. The lowest BCUT2D eigenvalue weighted by atomic mass is 10.0. The summed E-state index contributed by atoms with van der Waals surface area (Å²) in [6, 6.07) is 7.81. The first kappa shape index (κ1) is 25.2. The zero-order valence-corrected chi connectivity index (χ0v) is 20.0. The van der Waals surface area contributed by atoms with Crippen molar-refractivity contribution in [2.45, 2.75) is 65.3 Å². The molecule has 1 fully saturated rings. The minimum atomic E-state index is -4.37. The Morgan fingerprint density at radius 3 is 2.52 bits per heavy atom. The third kappa shape index (κ3) is 6.32. The molecule has 2 aromatic heterocycles. The topological polar surface area (TPSA) is 83.0 Å². The largest absolute Gasteiger partial charge is 0.405 e. The number of aliphatic hydroxyl groups excluding tert-OH is 1. The van der Waals surface area contributed by atoms with E-state index >= 15 is 0 Å². The fourth-order valence-corrected chi connectivity index (χ4v) is 5.01. The highest BCUT2D eigenvalue weighted by atomic mass is 32.1. The SMILES string of the molecule is CC.Cc1nc(NCC(F)(F)F)nc(NC2CCC(C(C)O)C2)c1-c1nc2ccccc2s1. The van der Waals surface area contributed by atoms with Crippen LogP contribution in [0.4, 0.5) is 24.9 Å².